The maximum absolute atomic E-state index is 13.3. The lowest BCUT2D eigenvalue weighted by Gasteiger charge is -2.30. The van der Waals surface area contributed by atoms with Crippen LogP contribution in [0.3, 0.4) is 0 Å². The predicted octanol–water partition coefficient (Wildman–Crippen LogP) is 3.87. The van der Waals surface area contributed by atoms with Crippen molar-refractivity contribution < 1.29 is 9.18 Å². The number of likely N-dealkylation sites (tertiary alicyclic amines) is 1. The summed E-state index contributed by atoms with van der Waals surface area (Å²) in [5, 5.41) is 0. The Kier molecular flexibility index (Phi) is 3.99. The van der Waals surface area contributed by atoms with Crippen molar-refractivity contribution in [2.45, 2.75) is 25.7 Å². The molecule has 0 saturated carbocycles. The van der Waals surface area contributed by atoms with E-state index in [1.54, 1.807) is 19.1 Å². The van der Waals surface area contributed by atoms with Gasteiger partial charge in [-0.3, -0.25) is 4.79 Å². The van der Waals surface area contributed by atoms with Gasteiger partial charge >= 0.3 is 0 Å². The summed E-state index contributed by atoms with van der Waals surface area (Å²) >= 11 is 0. The van der Waals surface area contributed by atoms with Gasteiger partial charge in [0, 0.05) is 37.7 Å². The van der Waals surface area contributed by atoms with Crippen molar-refractivity contribution in [2.75, 3.05) is 13.1 Å². The molecule has 0 unspecified atom stereocenters. The number of halogens is 1. The highest BCUT2D eigenvalue weighted by molar-refractivity contribution is 5.78. The fourth-order valence-electron chi connectivity index (χ4n) is 3.62. The molecular weight excluding hydrogens is 317 g/mol. The molecule has 4 nitrogen and oxygen atoms in total. The van der Waals surface area contributed by atoms with E-state index in [1.165, 1.54) is 12.1 Å². The number of hydrogen-bond acceptors (Lipinski definition) is 2. The van der Waals surface area contributed by atoms with E-state index in [-0.39, 0.29) is 11.7 Å². The predicted molar refractivity (Wildman–Crippen MR) is 94.8 cm³/mol. The zero-order valence-corrected chi connectivity index (χ0v) is 14.2. The number of amides is 1. The monoisotopic (exact) mass is 337 g/mol. The molecule has 25 heavy (non-hydrogen) atoms. The van der Waals surface area contributed by atoms with Crippen LogP contribution >= 0.6 is 0 Å². The molecule has 2 aromatic heterocycles. The zero-order valence-electron chi connectivity index (χ0n) is 14.2. The van der Waals surface area contributed by atoms with Crippen LogP contribution in [0.4, 0.5) is 4.39 Å². The molecule has 1 aliphatic heterocycles. The molecule has 0 aliphatic carbocycles. The molecule has 4 rings (SSSR count). The van der Waals surface area contributed by atoms with Gasteiger partial charge in [-0.2, -0.15) is 0 Å². The summed E-state index contributed by atoms with van der Waals surface area (Å²) in [5.41, 5.74) is 2.82. The molecule has 0 N–H and O–H groups in total. The van der Waals surface area contributed by atoms with Crippen LogP contribution in [0.5, 0.6) is 0 Å². The van der Waals surface area contributed by atoms with Crippen molar-refractivity contribution in [1.82, 2.24) is 14.3 Å². The quantitative estimate of drug-likeness (QED) is 0.712. The van der Waals surface area contributed by atoms with Gasteiger partial charge in [0.05, 0.1) is 11.2 Å². The summed E-state index contributed by atoms with van der Waals surface area (Å²) in [6.45, 7) is 3.17. The highest BCUT2D eigenvalue weighted by atomic mass is 19.1. The Balaban J connectivity index is 1.73. The minimum absolute atomic E-state index is 0.137. The molecule has 3 aromatic rings. The van der Waals surface area contributed by atoms with Crippen molar-refractivity contribution >= 4 is 11.4 Å². The van der Waals surface area contributed by atoms with E-state index in [1.807, 2.05) is 29.3 Å². The summed E-state index contributed by atoms with van der Waals surface area (Å²) in [6.07, 6.45) is 3.86. The Bertz CT molecular complexity index is 908. The average Bonchev–Trinajstić information content (AvgIpc) is 3.02. The first-order chi connectivity index (χ1) is 12.1. The molecule has 1 fully saturated rings. The fourth-order valence-corrected chi connectivity index (χ4v) is 3.62. The first-order valence-electron chi connectivity index (χ1n) is 8.62. The molecule has 1 saturated heterocycles. The van der Waals surface area contributed by atoms with E-state index in [9.17, 15) is 9.18 Å². The standard InChI is InChI=1S/C20H20FN3O/c1-14(25)23-12-9-16(10-13-23)20-22-19(15-5-7-17(21)8-6-15)18-4-2-3-11-24(18)20/h2-8,11,16H,9-10,12-13H2,1H3. The molecule has 0 atom stereocenters. The van der Waals surface area contributed by atoms with Crippen molar-refractivity contribution in [3.05, 3.63) is 60.3 Å². The number of fused-ring (bicyclic) bond motifs is 1. The van der Waals surface area contributed by atoms with Crippen molar-refractivity contribution in [3.8, 4) is 11.3 Å². The number of pyridine rings is 1. The zero-order chi connectivity index (χ0) is 17.4. The third kappa shape index (κ3) is 2.90. The van der Waals surface area contributed by atoms with Gasteiger partial charge in [-0.05, 0) is 49.2 Å². The number of piperidine rings is 1. The summed E-state index contributed by atoms with van der Waals surface area (Å²) < 4.78 is 15.4. The third-order valence-corrected chi connectivity index (χ3v) is 5.00. The lowest BCUT2D eigenvalue weighted by molar-refractivity contribution is -0.129. The summed E-state index contributed by atoms with van der Waals surface area (Å²) in [5.74, 6) is 1.24. The summed E-state index contributed by atoms with van der Waals surface area (Å²) in [4.78, 5) is 18.4. The molecule has 5 heteroatoms. The fraction of sp³-hybridized carbons (Fsp3) is 0.300. The number of rotatable bonds is 2. The lowest BCUT2D eigenvalue weighted by atomic mass is 9.96. The van der Waals surface area contributed by atoms with Gasteiger partial charge in [0.2, 0.25) is 5.91 Å². The molecule has 0 spiro atoms. The molecular formula is C20H20FN3O. The second-order valence-electron chi connectivity index (χ2n) is 6.56. The molecule has 1 aliphatic rings. The third-order valence-electron chi connectivity index (χ3n) is 5.00. The molecule has 0 radical (unpaired) electrons. The van der Waals surface area contributed by atoms with Gasteiger partial charge < -0.3 is 9.30 Å². The normalized spacial score (nSPS) is 15.7. The van der Waals surface area contributed by atoms with Crippen LogP contribution in [0.1, 0.15) is 31.5 Å². The van der Waals surface area contributed by atoms with E-state index in [0.717, 1.165) is 48.5 Å². The van der Waals surface area contributed by atoms with E-state index >= 15 is 0 Å². The number of benzene rings is 1. The maximum Gasteiger partial charge on any atom is 0.219 e. The number of carbonyl (C=O) groups is 1. The minimum Gasteiger partial charge on any atom is -0.343 e. The molecule has 1 amide bonds. The SMILES string of the molecule is CC(=O)N1CCC(c2nc(-c3ccc(F)cc3)c3ccccn23)CC1. The number of aromatic nitrogens is 2. The number of nitrogens with zero attached hydrogens (tertiary/aromatic N) is 3. The number of carbonyl (C=O) groups excluding carboxylic acids is 1. The van der Waals surface area contributed by atoms with Crippen LogP contribution in [0.2, 0.25) is 0 Å². The Morgan fingerprint density at radius 1 is 1.12 bits per heavy atom. The minimum atomic E-state index is -0.246. The largest absolute Gasteiger partial charge is 0.343 e. The Morgan fingerprint density at radius 3 is 2.52 bits per heavy atom. The molecule has 1 aromatic carbocycles. The Morgan fingerprint density at radius 2 is 1.84 bits per heavy atom. The topological polar surface area (TPSA) is 37.6 Å². The van der Waals surface area contributed by atoms with E-state index in [0.29, 0.717) is 5.92 Å². The smallest absolute Gasteiger partial charge is 0.219 e. The lowest BCUT2D eigenvalue weighted by Crippen LogP contribution is -2.36. The Labute approximate surface area is 145 Å². The Hall–Kier alpha value is -2.69. The van der Waals surface area contributed by atoms with Gasteiger partial charge in [0.15, 0.2) is 0 Å². The first kappa shape index (κ1) is 15.8. The van der Waals surface area contributed by atoms with Crippen LogP contribution < -0.4 is 0 Å². The van der Waals surface area contributed by atoms with E-state index in [2.05, 4.69) is 4.40 Å². The van der Waals surface area contributed by atoms with Gasteiger partial charge in [-0.1, -0.05) is 6.07 Å². The average molecular weight is 337 g/mol. The second kappa shape index (κ2) is 6.31. The molecule has 128 valence electrons. The van der Waals surface area contributed by atoms with E-state index < -0.39 is 0 Å². The number of imidazole rings is 1. The van der Waals surface area contributed by atoms with E-state index in [4.69, 9.17) is 4.98 Å². The highest BCUT2D eigenvalue weighted by Crippen LogP contribution is 2.32. The van der Waals surface area contributed by atoms with Crippen LogP contribution in [-0.4, -0.2) is 33.3 Å². The second-order valence-corrected chi connectivity index (χ2v) is 6.56. The van der Waals surface area contributed by atoms with Crippen molar-refractivity contribution in [3.63, 3.8) is 0 Å². The van der Waals surface area contributed by atoms with Crippen molar-refractivity contribution in [2.24, 2.45) is 0 Å². The van der Waals surface area contributed by atoms with Gasteiger partial charge in [-0.15, -0.1) is 0 Å². The highest BCUT2D eigenvalue weighted by Gasteiger charge is 2.26. The molecule has 3 heterocycles. The number of hydrogen-bond donors (Lipinski definition) is 0. The van der Waals surface area contributed by atoms with Crippen LogP contribution in [0.15, 0.2) is 48.7 Å². The van der Waals surface area contributed by atoms with Crippen LogP contribution in [0.25, 0.3) is 16.8 Å². The first-order valence-corrected chi connectivity index (χ1v) is 8.62. The van der Waals surface area contributed by atoms with Crippen LogP contribution in [-0.2, 0) is 4.79 Å². The summed E-state index contributed by atoms with van der Waals surface area (Å²) in [6, 6.07) is 12.5. The summed E-state index contributed by atoms with van der Waals surface area (Å²) in [7, 11) is 0. The van der Waals surface area contributed by atoms with Crippen molar-refractivity contribution in [1.29, 1.82) is 0 Å². The van der Waals surface area contributed by atoms with Crippen LogP contribution in [0, 0.1) is 5.82 Å². The maximum atomic E-state index is 13.3. The van der Waals surface area contributed by atoms with Gasteiger partial charge in [-0.25, -0.2) is 9.37 Å². The molecule has 0 bridgehead atoms. The van der Waals surface area contributed by atoms with Gasteiger partial charge in [0.1, 0.15) is 11.6 Å². The van der Waals surface area contributed by atoms with Gasteiger partial charge in [0.25, 0.3) is 0 Å².